The number of piperidine rings is 1. The Hall–Kier alpha value is -2.31. The molecule has 0 saturated carbocycles. The number of carbonyl (C=O) groups excluding carboxylic acids is 1. The van der Waals surface area contributed by atoms with Gasteiger partial charge in [-0.05, 0) is 38.7 Å². The first-order valence-corrected chi connectivity index (χ1v) is 8.46. The zero-order valence-corrected chi connectivity index (χ0v) is 14.5. The van der Waals surface area contributed by atoms with Gasteiger partial charge in [0.2, 0.25) is 0 Å². The molecule has 1 aromatic carbocycles. The van der Waals surface area contributed by atoms with E-state index in [1.807, 2.05) is 6.92 Å². The molecule has 0 spiro atoms. The molecule has 1 aliphatic heterocycles. The molecule has 7 nitrogen and oxygen atoms in total. The quantitative estimate of drug-likeness (QED) is 0.487. The average molecular weight is 335 g/mol. The van der Waals surface area contributed by atoms with Gasteiger partial charge in [-0.2, -0.15) is 0 Å². The van der Waals surface area contributed by atoms with E-state index in [2.05, 4.69) is 17.1 Å². The lowest BCUT2D eigenvalue weighted by molar-refractivity contribution is -0.384. The number of nitrogens with zero attached hydrogens (tertiary/aromatic N) is 2. The maximum absolute atomic E-state index is 12.3. The van der Waals surface area contributed by atoms with Crippen LogP contribution in [0.25, 0.3) is 0 Å². The van der Waals surface area contributed by atoms with Crippen LogP contribution in [-0.2, 0) is 4.74 Å². The van der Waals surface area contributed by atoms with E-state index in [-0.39, 0.29) is 17.9 Å². The van der Waals surface area contributed by atoms with Crippen molar-refractivity contribution in [2.45, 2.75) is 33.6 Å². The number of nitrogens with one attached hydrogen (secondary N) is 1. The van der Waals surface area contributed by atoms with E-state index in [1.165, 1.54) is 6.07 Å². The highest BCUT2D eigenvalue weighted by molar-refractivity contribution is 5.98. The van der Waals surface area contributed by atoms with Crippen molar-refractivity contribution in [3.8, 4) is 0 Å². The molecule has 0 bridgehead atoms. The van der Waals surface area contributed by atoms with Crippen LogP contribution < -0.4 is 10.2 Å². The summed E-state index contributed by atoms with van der Waals surface area (Å²) in [5.41, 5.74) is 1.31. The minimum absolute atomic E-state index is 0.103. The van der Waals surface area contributed by atoms with Gasteiger partial charge in [0.25, 0.3) is 5.69 Å². The molecular formula is C17H25N3O4. The second-order valence-corrected chi connectivity index (χ2v) is 6.06. The van der Waals surface area contributed by atoms with Gasteiger partial charge >= 0.3 is 5.97 Å². The fraction of sp³-hybridized carbons (Fsp3) is 0.588. The Kier molecular flexibility index (Phi) is 6.00. The number of nitro groups is 1. The lowest BCUT2D eigenvalue weighted by atomic mass is 9.97. The first-order chi connectivity index (χ1) is 11.5. The van der Waals surface area contributed by atoms with E-state index in [0.717, 1.165) is 25.9 Å². The summed E-state index contributed by atoms with van der Waals surface area (Å²) >= 11 is 0. The molecule has 0 amide bonds. The standard InChI is InChI=1S/C17H25N3O4/c1-4-18-14-11-15(19-8-6-12(3)7-9-19)13(17(21)24-5-2)10-16(14)20(22)23/h10-12,18H,4-9H2,1-3H3. The molecule has 1 aliphatic rings. The molecule has 1 N–H and O–H groups in total. The first-order valence-electron chi connectivity index (χ1n) is 8.46. The van der Waals surface area contributed by atoms with Gasteiger partial charge in [0.1, 0.15) is 5.69 Å². The summed E-state index contributed by atoms with van der Waals surface area (Å²) in [5.74, 6) is 0.135. The maximum atomic E-state index is 12.3. The van der Waals surface area contributed by atoms with Crippen molar-refractivity contribution in [3.05, 3.63) is 27.8 Å². The minimum atomic E-state index is -0.516. The number of carbonyl (C=O) groups is 1. The molecule has 0 atom stereocenters. The lowest BCUT2D eigenvalue weighted by Gasteiger charge is -2.33. The van der Waals surface area contributed by atoms with Crippen LogP contribution in [0, 0.1) is 16.0 Å². The van der Waals surface area contributed by atoms with Crippen molar-refractivity contribution < 1.29 is 14.5 Å². The minimum Gasteiger partial charge on any atom is -0.462 e. The number of benzene rings is 1. The van der Waals surface area contributed by atoms with Gasteiger partial charge < -0.3 is 15.0 Å². The van der Waals surface area contributed by atoms with Crippen molar-refractivity contribution >= 4 is 23.0 Å². The fourth-order valence-electron chi connectivity index (χ4n) is 2.94. The van der Waals surface area contributed by atoms with Crippen LogP contribution >= 0.6 is 0 Å². The van der Waals surface area contributed by atoms with Gasteiger partial charge in [-0.15, -0.1) is 0 Å². The first kappa shape index (κ1) is 18.0. The highest BCUT2D eigenvalue weighted by atomic mass is 16.6. The number of rotatable bonds is 6. The summed E-state index contributed by atoms with van der Waals surface area (Å²) in [6, 6.07) is 3.05. The zero-order valence-electron chi connectivity index (χ0n) is 14.5. The smallest absolute Gasteiger partial charge is 0.340 e. The van der Waals surface area contributed by atoms with Crippen molar-refractivity contribution in [2.24, 2.45) is 5.92 Å². The van der Waals surface area contributed by atoms with E-state index in [0.29, 0.717) is 23.8 Å². The van der Waals surface area contributed by atoms with Gasteiger partial charge in [-0.3, -0.25) is 10.1 Å². The molecule has 0 aromatic heterocycles. The molecular weight excluding hydrogens is 310 g/mol. The van der Waals surface area contributed by atoms with E-state index >= 15 is 0 Å². The molecule has 0 radical (unpaired) electrons. The Morgan fingerprint density at radius 3 is 2.58 bits per heavy atom. The number of hydrogen-bond donors (Lipinski definition) is 1. The van der Waals surface area contributed by atoms with Gasteiger partial charge in [0.05, 0.1) is 22.8 Å². The van der Waals surface area contributed by atoms with Crippen LogP contribution in [0.4, 0.5) is 17.1 Å². The molecule has 0 unspecified atom stereocenters. The summed E-state index contributed by atoms with van der Waals surface area (Å²) in [4.78, 5) is 25.3. The SMILES string of the molecule is CCNc1cc(N2CCC(C)CC2)c(C(=O)OCC)cc1[N+](=O)[O-]. The summed E-state index contributed by atoms with van der Waals surface area (Å²) < 4.78 is 5.11. The predicted octanol–water partition coefficient (Wildman–Crippen LogP) is 3.44. The van der Waals surface area contributed by atoms with Crippen LogP contribution in [-0.4, -0.2) is 37.1 Å². The van der Waals surface area contributed by atoms with Gasteiger partial charge in [-0.25, -0.2) is 4.79 Å². The largest absolute Gasteiger partial charge is 0.462 e. The van der Waals surface area contributed by atoms with E-state index in [9.17, 15) is 14.9 Å². The molecule has 24 heavy (non-hydrogen) atoms. The Morgan fingerprint density at radius 2 is 2.04 bits per heavy atom. The molecule has 1 heterocycles. The van der Waals surface area contributed by atoms with E-state index < -0.39 is 10.9 Å². The average Bonchev–Trinajstić information content (AvgIpc) is 2.55. The molecule has 132 valence electrons. The number of hydrogen-bond acceptors (Lipinski definition) is 6. The lowest BCUT2D eigenvalue weighted by Crippen LogP contribution is -2.34. The molecule has 0 aliphatic carbocycles. The van der Waals surface area contributed by atoms with Crippen LogP contribution in [0.1, 0.15) is 44.0 Å². The van der Waals surface area contributed by atoms with Crippen LogP contribution in [0.3, 0.4) is 0 Å². The normalized spacial score (nSPS) is 15.2. The fourth-order valence-corrected chi connectivity index (χ4v) is 2.94. The summed E-state index contributed by atoms with van der Waals surface area (Å²) in [7, 11) is 0. The second-order valence-electron chi connectivity index (χ2n) is 6.06. The van der Waals surface area contributed by atoms with Crippen molar-refractivity contribution in [3.63, 3.8) is 0 Å². The van der Waals surface area contributed by atoms with Crippen LogP contribution in [0.5, 0.6) is 0 Å². The zero-order chi connectivity index (χ0) is 17.7. The third-order valence-electron chi connectivity index (χ3n) is 4.30. The number of anilines is 2. The van der Waals surface area contributed by atoms with E-state index in [4.69, 9.17) is 4.74 Å². The van der Waals surface area contributed by atoms with Gasteiger partial charge in [0, 0.05) is 25.7 Å². The van der Waals surface area contributed by atoms with Gasteiger partial charge in [-0.1, -0.05) is 6.92 Å². The number of ether oxygens (including phenoxy) is 1. The van der Waals surface area contributed by atoms with Crippen molar-refractivity contribution in [1.82, 2.24) is 0 Å². The third-order valence-corrected chi connectivity index (χ3v) is 4.30. The summed E-state index contributed by atoms with van der Waals surface area (Å²) in [6.07, 6.45) is 2.07. The Bertz CT molecular complexity index is 610. The van der Waals surface area contributed by atoms with Crippen molar-refractivity contribution in [1.29, 1.82) is 0 Å². The monoisotopic (exact) mass is 335 g/mol. The number of esters is 1. The Morgan fingerprint density at radius 1 is 1.38 bits per heavy atom. The predicted molar refractivity (Wildman–Crippen MR) is 93.8 cm³/mol. The molecule has 2 rings (SSSR count). The second kappa shape index (κ2) is 7.99. The molecule has 1 aromatic rings. The number of nitro benzene ring substituents is 1. The highest BCUT2D eigenvalue weighted by Crippen LogP contribution is 2.35. The Labute approximate surface area is 142 Å². The van der Waals surface area contributed by atoms with Crippen LogP contribution in [0.15, 0.2) is 12.1 Å². The highest BCUT2D eigenvalue weighted by Gasteiger charge is 2.27. The maximum Gasteiger partial charge on any atom is 0.340 e. The summed E-state index contributed by atoms with van der Waals surface area (Å²) in [6.45, 7) is 8.28. The topological polar surface area (TPSA) is 84.7 Å². The van der Waals surface area contributed by atoms with Gasteiger partial charge in [0.15, 0.2) is 0 Å². The molecule has 1 fully saturated rings. The Balaban J connectivity index is 2.49. The van der Waals surface area contributed by atoms with E-state index in [1.54, 1.807) is 13.0 Å². The molecule has 7 heteroatoms. The molecule has 1 saturated heterocycles. The van der Waals surface area contributed by atoms with Crippen LogP contribution in [0.2, 0.25) is 0 Å². The summed E-state index contributed by atoms with van der Waals surface area (Å²) in [5, 5.41) is 14.4. The third kappa shape index (κ3) is 3.96. The van der Waals surface area contributed by atoms with Crippen molar-refractivity contribution in [2.75, 3.05) is 36.5 Å².